The molecule has 1 aliphatic rings. The van der Waals surface area contributed by atoms with E-state index in [1.807, 2.05) is 0 Å². The van der Waals surface area contributed by atoms with Crippen molar-refractivity contribution in [1.82, 2.24) is 0 Å². The third kappa shape index (κ3) is 3.72. The molecule has 0 saturated carbocycles. The highest BCUT2D eigenvalue weighted by Crippen LogP contribution is 2.19. The molecular formula is C11H18O. The Morgan fingerprint density at radius 2 is 2.42 bits per heavy atom. The van der Waals surface area contributed by atoms with Crippen LogP contribution in [0.2, 0.25) is 0 Å². The molecular weight excluding hydrogens is 148 g/mol. The van der Waals surface area contributed by atoms with E-state index in [0.29, 0.717) is 6.61 Å². The van der Waals surface area contributed by atoms with E-state index < -0.39 is 0 Å². The zero-order chi connectivity index (χ0) is 8.65. The first-order valence-electron chi connectivity index (χ1n) is 4.80. The summed E-state index contributed by atoms with van der Waals surface area (Å²) >= 11 is 0. The number of hydrogen-bond donors (Lipinski definition) is 0. The Kier molecular flexibility index (Phi) is 4.77. The Morgan fingerprint density at radius 1 is 1.50 bits per heavy atom. The number of hydrogen-bond acceptors (Lipinski definition) is 1. The molecule has 0 spiro atoms. The number of rotatable bonds is 5. The second kappa shape index (κ2) is 6.01. The molecule has 12 heavy (non-hydrogen) atoms. The fourth-order valence-electron chi connectivity index (χ4n) is 1.50. The van der Waals surface area contributed by atoms with Gasteiger partial charge in [0.25, 0.3) is 0 Å². The van der Waals surface area contributed by atoms with E-state index in [0.717, 1.165) is 13.0 Å². The predicted octanol–water partition coefficient (Wildman–Crippen LogP) is 3.08. The fraction of sp³-hybridized carbons (Fsp3) is 0.636. The van der Waals surface area contributed by atoms with Gasteiger partial charge < -0.3 is 4.74 Å². The highest BCUT2D eigenvalue weighted by Gasteiger charge is 2.02. The van der Waals surface area contributed by atoms with Crippen LogP contribution >= 0.6 is 0 Å². The third-order valence-electron chi connectivity index (χ3n) is 2.19. The molecule has 0 bridgehead atoms. The standard InChI is InChI=1S/C11H18O/c1-2-9-12-10-8-11-6-4-3-5-7-11/h2,6H,1,3-5,7-10H2. The summed E-state index contributed by atoms with van der Waals surface area (Å²) in [6.45, 7) is 5.15. The normalized spacial score (nSPS) is 17.2. The van der Waals surface area contributed by atoms with E-state index in [2.05, 4.69) is 12.7 Å². The van der Waals surface area contributed by atoms with Gasteiger partial charge in [-0.15, -0.1) is 6.58 Å². The first-order valence-corrected chi connectivity index (χ1v) is 4.80. The van der Waals surface area contributed by atoms with Gasteiger partial charge in [0.05, 0.1) is 13.2 Å². The lowest BCUT2D eigenvalue weighted by atomic mass is 9.98. The van der Waals surface area contributed by atoms with Gasteiger partial charge in [-0.05, 0) is 32.1 Å². The summed E-state index contributed by atoms with van der Waals surface area (Å²) in [5, 5.41) is 0. The lowest BCUT2D eigenvalue weighted by Crippen LogP contribution is -1.99. The molecule has 0 aromatic rings. The maximum absolute atomic E-state index is 5.33. The highest BCUT2D eigenvalue weighted by atomic mass is 16.5. The van der Waals surface area contributed by atoms with Crippen LogP contribution in [-0.4, -0.2) is 13.2 Å². The maximum atomic E-state index is 5.33. The Bertz CT molecular complexity index is 158. The van der Waals surface area contributed by atoms with Gasteiger partial charge in [0, 0.05) is 0 Å². The van der Waals surface area contributed by atoms with Crippen molar-refractivity contribution < 1.29 is 4.74 Å². The highest BCUT2D eigenvalue weighted by molar-refractivity contribution is 5.04. The van der Waals surface area contributed by atoms with Crippen molar-refractivity contribution in [2.75, 3.05) is 13.2 Å². The largest absolute Gasteiger partial charge is 0.377 e. The molecule has 0 aromatic heterocycles. The minimum atomic E-state index is 0.688. The van der Waals surface area contributed by atoms with Crippen LogP contribution in [0.3, 0.4) is 0 Å². The second-order valence-corrected chi connectivity index (χ2v) is 3.22. The van der Waals surface area contributed by atoms with Crippen molar-refractivity contribution in [3.8, 4) is 0 Å². The summed E-state index contributed by atoms with van der Waals surface area (Å²) in [5.41, 5.74) is 1.59. The van der Waals surface area contributed by atoms with Crippen LogP contribution in [0.5, 0.6) is 0 Å². The van der Waals surface area contributed by atoms with E-state index in [1.54, 1.807) is 11.6 Å². The van der Waals surface area contributed by atoms with Crippen LogP contribution < -0.4 is 0 Å². The molecule has 0 fully saturated rings. The van der Waals surface area contributed by atoms with Gasteiger partial charge in [0.15, 0.2) is 0 Å². The monoisotopic (exact) mass is 166 g/mol. The SMILES string of the molecule is C=CCOCCC1=CCCCC1. The van der Waals surface area contributed by atoms with E-state index in [9.17, 15) is 0 Å². The van der Waals surface area contributed by atoms with E-state index in [-0.39, 0.29) is 0 Å². The molecule has 0 unspecified atom stereocenters. The van der Waals surface area contributed by atoms with Crippen molar-refractivity contribution in [3.05, 3.63) is 24.3 Å². The van der Waals surface area contributed by atoms with E-state index in [4.69, 9.17) is 4.74 Å². The summed E-state index contributed by atoms with van der Waals surface area (Å²) in [7, 11) is 0. The van der Waals surface area contributed by atoms with Gasteiger partial charge in [0.2, 0.25) is 0 Å². The molecule has 0 saturated heterocycles. The van der Waals surface area contributed by atoms with Crippen LogP contribution in [0.15, 0.2) is 24.3 Å². The van der Waals surface area contributed by atoms with Crippen LogP contribution in [0.1, 0.15) is 32.1 Å². The van der Waals surface area contributed by atoms with Gasteiger partial charge in [-0.1, -0.05) is 17.7 Å². The summed E-state index contributed by atoms with van der Waals surface area (Å²) in [6, 6.07) is 0. The van der Waals surface area contributed by atoms with Crippen LogP contribution in [-0.2, 0) is 4.74 Å². The summed E-state index contributed by atoms with van der Waals surface area (Å²) in [6.07, 6.45) is 10.6. The summed E-state index contributed by atoms with van der Waals surface area (Å²) < 4.78 is 5.33. The van der Waals surface area contributed by atoms with Crippen LogP contribution in [0, 0.1) is 0 Å². The second-order valence-electron chi connectivity index (χ2n) is 3.22. The minimum absolute atomic E-state index is 0.688. The van der Waals surface area contributed by atoms with Gasteiger partial charge >= 0.3 is 0 Å². The van der Waals surface area contributed by atoms with Crippen LogP contribution in [0.4, 0.5) is 0 Å². The first kappa shape index (κ1) is 9.53. The maximum Gasteiger partial charge on any atom is 0.0644 e. The summed E-state index contributed by atoms with van der Waals surface area (Å²) in [4.78, 5) is 0. The molecule has 0 aromatic carbocycles. The topological polar surface area (TPSA) is 9.23 Å². The minimum Gasteiger partial charge on any atom is -0.377 e. The fourth-order valence-corrected chi connectivity index (χ4v) is 1.50. The van der Waals surface area contributed by atoms with Gasteiger partial charge in [-0.2, -0.15) is 0 Å². The van der Waals surface area contributed by atoms with Crippen molar-refractivity contribution in [2.24, 2.45) is 0 Å². The molecule has 0 radical (unpaired) electrons. The lowest BCUT2D eigenvalue weighted by Gasteiger charge is -2.11. The lowest BCUT2D eigenvalue weighted by molar-refractivity contribution is 0.165. The van der Waals surface area contributed by atoms with Crippen LogP contribution in [0.25, 0.3) is 0 Å². The average molecular weight is 166 g/mol. The van der Waals surface area contributed by atoms with Gasteiger partial charge in [0.1, 0.15) is 0 Å². The van der Waals surface area contributed by atoms with E-state index >= 15 is 0 Å². The molecule has 0 amide bonds. The zero-order valence-corrected chi connectivity index (χ0v) is 7.72. The molecule has 1 rings (SSSR count). The third-order valence-corrected chi connectivity index (χ3v) is 2.19. The Balaban J connectivity index is 2.05. The Labute approximate surface area is 75.1 Å². The van der Waals surface area contributed by atoms with E-state index in [1.165, 1.54) is 25.7 Å². The molecule has 1 nitrogen and oxygen atoms in total. The van der Waals surface area contributed by atoms with Crippen molar-refractivity contribution in [2.45, 2.75) is 32.1 Å². The molecule has 0 heterocycles. The molecule has 0 aliphatic heterocycles. The molecule has 68 valence electrons. The molecule has 1 heteroatoms. The average Bonchev–Trinajstić information content (AvgIpc) is 2.14. The van der Waals surface area contributed by atoms with Crippen molar-refractivity contribution in [3.63, 3.8) is 0 Å². The smallest absolute Gasteiger partial charge is 0.0644 e. The number of allylic oxidation sites excluding steroid dienone is 1. The summed E-state index contributed by atoms with van der Waals surface area (Å²) in [5.74, 6) is 0. The van der Waals surface area contributed by atoms with Crippen molar-refractivity contribution >= 4 is 0 Å². The molecule has 1 aliphatic carbocycles. The molecule has 0 N–H and O–H groups in total. The quantitative estimate of drug-likeness (QED) is 0.450. The molecule has 0 atom stereocenters. The van der Waals surface area contributed by atoms with Gasteiger partial charge in [-0.3, -0.25) is 0 Å². The predicted molar refractivity (Wildman–Crippen MR) is 52.2 cm³/mol. The Hall–Kier alpha value is -0.560. The zero-order valence-electron chi connectivity index (χ0n) is 7.72. The number of ether oxygens (including phenoxy) is 1. The Morgan fingerprint density at radius 3 is 3.08 bits per heavy atom. The van der Waals surface area contributed by atoms with Gasteiger partial charge in [-0.25, -0.2) is 0 Å². The first-order chi connectivity index (χ1) is 5.93. The van der Waals surface area contributed by atoms with Crippen molar-refractivity contribution in [1.29, 1.82) is 0 Å².